The van der Waals surface area contributed by atoms with E-state index in [9.17, 15) is 0 Å². The van der Waals surface area contributed by atoms with Gasteiger partial charge < -0.3 is 14.9 Å². The molecular weight excluding hydrogens is 252 g/mol. The van der Waals surface area contributed by atoms with E-state index in [1.54, 1.807) is 0 Å². The Morgan fingerprint density at radius 3 is 2.30 bits per heavy atom. The van der Waals surface area contributed by atoms with Crippen LogP contribution in [0.5, 0.6) is 5.75 Å². The molecule has 0 radical (unpaired) electrons. The highest BCUT2D eigenvalue weighted by atomic mass is 16.5. The Balaban J connectivity index is 2.89. The summed E-state index contributed by atoms with van der Waals surface area (Å²) in [6, 6.07) is 6.30. The van der Waals surface area contributed by atoms with E-state index in [4.69, 9.17) is 14.9 Å². The molecule has 0 spiro atoms. The van der Waals surface area contributed by atoms with Crippen molar-refractivity contribution in [2.45, 2.75) is 46.0 Å². The molecule has 2 N–H and O–H groups in total. The lowest BCUT2D eigenvalue weighted by Crippen LogP contribution is -2.15. The molecule has 3 heteroatoms. The molecule has 20 heavy (non-hydrogen) atoms. The van der Waals surface area contributed by atoms with Crippen LogP contribution >= 0.6 is 0 Å². The lowest BCUT2D eigenvalue weighted by molar-refractivity contribution is 0.144. The Morgan fingerprint density at radius 1 is 1.15 bits per heavy atom. The molecule has 1 rings (SSSR count). The fraction of sp³-hybridized carbons (Fsp3) is 0.647. The van der Waals surface area contributed by atoms with E-state index in [2.05, 4.69) is 32.9 Å². The number of aliphatic hydroxyl groups is 2. The van der Waals surface area contributed by atoms with Gasteiger partial charge in [-0.1, -0.05) is 32.9 Å². The zero-order valence-electron chi connectivity index (χ0n) is 13.1. The van der Waals surface area contributed by atoms with Gasteiger partial charge in [-0.05, 0) is 42.4 Å². The number of rotatable bonds is 7. The van der Waals surface area contributed by atoms with Crippen LogP contribution in [0.1, 0.15) is 45.2 Å². The van der Waals surface area contributed by atoms with E-state index >= 15 is 0 Å². The van der Waals surface area contributed by atoms with Gasteiger partial charge >= 0.3 is 0 Å². The van der Waals surface area contributed by atoms with Crippen LogP contribution in [-0.2, 0) is 11.8 Å². The summed E-state index contributed by atoms with van der Waals surface area (Å²) in [6.45, 7) is 9.28. The average molecular weight is 280 g/mol. The zero-order valence-corrected chi connectivity index (χ0v) is 13.1. The Bertz CT molecular complexity index is 403. The van der Waals surface area contributed by atoms with Gasteiger partial charge in [0.1, 0.15) is 5.75 Å². The summed E-state index contributed by atoms with van der Waals surface area (Å²) in [7, 11) is 0. The first-order chi connectivity index (χ1) is 9.42. The first kappa shape index (κ1) is 17.0. The fourth-order valence-electron chi connectivity index (χ4n) is 2.21. The first-order valence-corrected chi connectivity index (χ1v) is 7.40. The van der Waals surface area contributed by atoms with Crippen LogP contribution < -0.4 is 4.74 Å². The highest BCUT2D eigenvalue weighted by Gasteiger charge is 2.19. The monoisotopic (exact) mass is 280 g/mol. The molecule has 0 unspecified atom stereocenters. The van der Waals surface area contributed by atoms with Crippen molar-refractivity contribution >= 4 is 0 Å². The highest BCUT2D eigenvalue weighted by Crippen LogP contribution is 2.32. The molecule has 0 aromatic heterocycles. The molecule has 114 valence electrons. The van der Waals surface area contributed by atoms with Crippen LogP contribution in [0.25, 0.3) is 0 Å². The van der Waals surface area contributed by atoms with Gasteiger partial charge in [-0.2, -0.15) is 0 Å². The van der Waals surface area contributed by atoms with Crippen molar-refractivity contribution in [2.75, 3.05) is 19.8 Å². The third-order valence-corrected chi connectivity index (χ3v) is 3.51. The van der Waals surface area contributed by atoms with Gasteiger partial charge in [0, 0.05) is 19.1 Å². The van der Waals surface area contributed by atoms with E-state index in [1.807, 2.05) is 13.0 Å². The van der Waals surface area contributed by atoms with Crippen molar-refractivity contribution in [3.8, 4) is 5.75 Å². The van der Waals surface area contributed by atoms with Gasteiger partial charge in [-0.15, -0.1) is 0 Å². The molecule has 0 amide bonds. The SMILES string of the molecule is CCOc1ccc(CCC(CO)CO)cc1C(C)(C)C. The summed E-state index contributed by atoms with van der Waals surface area (Å²) in [5, 5.41) is 18.2. The summed E-state index contributed by atoms with van der Waals surface area (Å²) in [5.74, 6) is 0.921. The summed E-state index contributed by atoms with van der Waals surface area (Å²) < 4.78 is 5.71. The molecule has 0 atom stereocenters. The molecular formula is C17H28O3. The van der Waals surface area contributed by atoms with E-state index in [1.165, 1.54) is 11.1 Å². The lowest BCUT2D eigenvalue weighted by Gasteiger charge is -2.23. The van der Waals surface area contributed by atoms with Gasteiger partial charge in [0.2, 0.25) is 0 Å². The lowest BCUT2D eigenvalue weighted by atomic mass is 9.84. The minimum atomic E-state index is -0.0281. The molecule has 0 saturated carbocycles. The topological polar surface area (TPSA) is 49.7 Å². The van der Waals surface area contributed by atoms with Crippen LogP contribution in [0.15, 0.2) is 18.2 Å². The predicted molar refractivity (Wildman–Crippen MR) is 82.3 cm³/mol. The standard InChI is InChI=1S/C17H28O3/c1-5-20-16-9-8-13(6-7-14(11-18)12-19)10-15(16)17(2,3)4/h8-10,14,18-19H,5-7,11-12H2,1-4H3. The second kappa shape index (κ2) is 7.65. The molecule has 1 aromatic rings. The van der Waals surface area contributed by atoms with Gasteiger partial charge in [0.25, 0.3) is 0 Å². The van der Waals surface area contributed by atoms with Crippen LogP contribution in [0.3, 0.4) is 0 Å². The van der Waals surface area contributed by atoms with Crippen LogP contribution in [0.2, 0.25) is 0 Å². The number of aliphatic hydroxyl groups excluding tert-OH is 2. The summed E-state index contributed by atoms with van der Waals surface area (Å²) in [4.78, 5) is 0. The van der Waals surface area contributed by atoms with Crippen LogP contribution in [0, 0.1) is 5.92 Å². The Hall–Kier alpha value is -1.06. The summed E-state index contributed by atoms with van der Waals surface area (Å²) >= 11 is 0. The van der Waals surface area contributed by atoms with Gasteiger partial charge in [0.05, 0.1) is 6.61 Å². The third kappa shape index (κ3) is 4.80. The Kier molecular flexibility index (Phi) is 6.50. The minimum absolute atomic E-state index is 0.0281. The van der Waals surface area contributed by atoms with Gasteiger partial charge in [-0.3, -0.25) is 0 Å². The zero-order chi connectivity index (χ0) is 15.2. The maximum Gasteiger partial charge on any atom is 0.123 e. The second-order valence-electron chi connectivity index (χ2n) is 6.28. The van der Waals surface area contributed by atoms with Gasteiger partial charge in [-0.25, -0.2) is 0 Å². The fourth-order valence-corrected chi connectivity index (χ4v) is 2.21. The third-order valence-electron chi connectivity index (χ3n) is 3.51. The van der Waals surface area contributed by atoms with Crippen molar-refractivity contribution in [2.24, 2.45) is 5.92 Å². The van der Waals surface area contributed by atoms with E-state index in [0.717, 1.165) is 18.6 Å². The highest BCUT2D eigenvalue weighted by molar-refractivity contribution is 5.41. The number of benzene rings is 1. The quantitative estimate of drug-likeness (QED) is 0.807. The maximum absolute atomic E-state index is 9.12. The van der Waals surface area contributed by atoms with Gasteiger partial charge in [0.15, 0.2) is 0 Å². The largest absolute Gasteiger partial charge is 0.494 e. The van der Waals surface area contributed by atoms with E-state index < -0.39 is 0 Å². The van der Waals surface area contributed by atoms with Crippen LogP contribution in [0.4, 0.5) is 0 Å². The maximum atomic E-state index is 9.12. The molecule has 0 bridgehead atoms. The van der Waals surface area contributed by atoms with Crippen molar-refractivity contribution in [3.05, 3.63) is 29.3 Å². The number of hydrogen-bond donors (Lipinski definition) is 2. The van der Waals surface area contributed by atoms with Crippen LogP contribution in [-0.4, -0.2) is 30.0 Å². The van der Waals surface area contributed by atoms with Crippen molar-refractivity contribution in [1.82, 2.24) is 0 Å². The molecule has 0 fully saturated rings. The normalized spacial score (nSPS) is 11.9. The smallest absolute Gasteiger partial charge is 0.123 e. The Morgan fingerprint density at radius 2 is 1.80 bits per heavy atom. The number of aryl methyl sites for hydroxylation is 1. The molecule has 3 nitrogen and oxygen atoms in total. The van der Waals surface area contributed by atoms with Crippen molar-refractivity contribution in [1.29, 1.82) is 0 Å². The average Bonchev–Trinajstić information content (AvgIpc) is 2.40. The molecule has 0 aliphatic rings. The molecule has 0 aliphatic carbocycles. The molecule has 0 saturated heterocycles. The minimum Gasteiger partial charge on any atom is -0.494 e. The Labute approximate surface area is 122 Å². The molecule has 0 aliphatic heterocycles. The van der Waals surface area contributed by atoms with E-state index in [0.29, 0.717) is 6.61 Å². The predicted octanol–water partition coefficient (Wildman–Crippen LogP) is 2.92. The number of ether oxygens (including phenoxy) is 1. The second-order valence-corrected chi connectivity index (χ2v) is 6.28. The van der Waals surface area contributed by atoms with Crippen molar-refractivity contribution in [3.63, 3.8) is 0 Å². The van der Waals surface area contributed by atoms with Crippen molar-refractivity contribution < 1.29 is 14.9 Å². The summed E-state index contributed by atoms with van der Waals surface area (Å²) in [6.07, 6.45) is 1.66. The van der Waals surface area contributed by atoms with E-state index in [-0.39, 0.29) is 24.5 Å². The number of hydrogen-bond acceptors (Lipinski definition) is 3. The summed E-state index contributed by atoms with van der Waals surface area (Å²) in [5.41, 5.74) is 2.47. The molecule has 0 heterocycles. The first-order valence-electron chi connectivity index (χ1n) is 7.40. The molecule has 1 aromatic carbocycles.